The maximum Gasteiger partial charge on any atom is 0.491 e. The molecule has 1 aliphatic rings. The largest absolute Gasteiger partial charge is 0.491 e. The highest BCUT2D eigenvalue weighted by Gasteiger charge is 2.43. The number of piperazine rings is 1. The van der Waals surface area contributed by atoms with Crippen LogP contribution in [0.4, 0.5) is 23.4 Å². The fraction of sp³-hybridized carbons (Fsp3) is 0.353. The molecule has 2 aromatic rings. The van der Waals surface area contributed by atoms with Gasteiger partial charge in [0.15, 0.2) is 6.23 Å². The predicted molar refractivity (Wildman–Crippen MR) is 93.9 cm³/mol. The molecule has 0 bridgehead atoms. The van der Waals surface area contributed by atoms with Crippen molar-refractivity contribution in [1.29, 1.82) is 0 Å². The summed E-state index contributed by atoms with van der Waals surface area (Å²) in [5, 5.41) is 3.00. The van der Waals surface area contributed by atoms with Gasteiger partial charge in [0.2, 0.25) is 5.88 Å². The van der Waals surface area contributed by atoms with E-state index in [9.17, 15) is 22.4 Å². The summed E-state index contributed by atoms with van der Waals surface area (Å²) in [7, 11) is 0. The van der Waals surface area contributed by atoms with Crippen LogP contribution in [-0.4, -0.2) is 48.0 Å². The van der Waals surface area contributed by atoms with Crippen LogP contribution in [0.5, 0.6) is 5.88 Å². The zero-order chi connectivity index (χ0) is 21.0. The summed E-state index contributed by atoms with van der Waals surface area (Å²) >= 11 is 5.65. The first-order valence-corrected chi connectivity index (χ1v) is 8.77. The summed E-state index contributed by atoms with van der Waals surface area (Å²) in [6.45, 7) is 0.467. The third kappa shape index (κ3) is 5.45. The number of esters is 1. The maximum absolute atomic E-state index is 13.8. The van der Waals surface area contributed by atoms with Gasteiger partial charge in [-0.3, -0.25) is 4.98 Å². The number of halogens is 5. The van der Waals surface area contributed by atoms with Gasteiger partial charge in [-0.25, -0.2) is 9.18 Å². The molecule has 0 aliphatic carbocycles. The second kappa shape index (κ2) is 8.78. The van der Waals surface area contributed by atoms with Crippen molar-refractivity contribution >= 4 is 23.4 Å². The SMILES string of the molecule is O=C(OC1CNCCN1c1cccc(OCc2ncc(Cl)cc2F)n1)C(F)(F)F. The minimum atomic E-state index is -5.10. The van der Waals surface area contributed by atoms with Crippen LogP contribution in [0.15, 0.2) is 30.5 Å². The lowest BCUT2D eigenvalue weighted by molar-refractivity contribution is -0.205. The number of carbonyl (C=O) groups is 1. The molecule has 1 N–H and O–H groups in total. The van der Waals surface area contributed by atoms with Crippen LogP contribution < -0.4 is 15.0 Å². The Balaban J connectivity index is 1.72. The molecule has 1 fully saturated rings. The number of pyridine rings is 2. The average molecular weight is 435 g/mol. The topological polar surface area (TPSA) is 76.6 Å². The summed E-state index contributed by atoms with van der Waals surface area (Å²) in [4.78, 5) is 20.6. The van der Waals surface area contributed by atoms with E-state index in [0.717, 1.165) is 6.07 Å². The molecule has 0 radical (unpaired) electrons. The van der Waals surface area contributed by atoms with Gasteiger partial charge in [0.05, 0.1) is 11.6 Å². The zero-order valence-corrected chi connectivity index (χ0v) is 15.5. The number of anilines is 1. The van der Waals surface area contributed by atoms with E-state index in [0.29, 0.717) is 6.54 Å². The Kier molecular flexibility index (Phi) is 6.38. The van der Waals surface area contributed by atoms with E-state index >= 15 is 0 Å². The molecular formula is C17H15ClF4N4O3. The third-order valence-electron chi connectivity index (χ3n) is 3.91. The standard InChI is InChI=1S/C17H15ClF4N4O3/c18-10-6-11(19)12(24-7-10)9-28-14-3-1-2-13(25-14)26-5-4-23-8-15(26)29-16(27)17(20,21)22/h1-3,6-7,15,23H,4-5,8-9H2. The normalized spacial score (nSPS) is 17.1. The van der Waals surface area contributed by atoms with Crippen molar-refractivity contribution in [1.82, 2.24) is 15.3 Å². The molecule has 29 heavy (non-hydrogen) atoms. The second-order valence-corrected chi connectivity index (χ2v) is 6.40. The van der Waals surface area contributed by atoms with E-state index in [2.05, 4.69) is 20.0 Å². The first-order chi connectivity index (χ1) is 13.7. The Labute approximate surface area is 167 Å². The second-order valence-electron chi connectivity index (χ2n) is 5.96. The van der Waals surface area contributed by atoms with E-state index < -0.39 is 24.2 Å². The number of nitrogens with one attached hydrogen (secondary N) is 1. The van der Waals surface area contributed by atoms with E-state index in [-0.39, 0.29) is 42.1 Å². The fourth-order valence-corrected chi connectivity index (χ4v) is 2.72. The first kappa shape index (κ1) is 21.1. The lowest BCUT2D eigenvalue weighted by Gasteiger charge is -2.36. The Morgan fingerprint density at radius 3 is 2.90 bits per heavy atom. The van der Waals surface area contributed by atoms with Crippen molar-refractivity contribution in [2.75, 3.05) is 24.5 Å². The van der Waals surface area contributed by atoms with Crippen LogP contribution in [0.1, 0.15) is 5.69 Å². The van der Waals surface area contributed by atoms with Crippen LogP contribution in [-0.2, 0) is 16.1 Å². The number of nitrogens with zero attached hydrogens (tertiary/aromatic N) is 3. The first-order valence-electron chi connectivity index (χ1n) is 8.39. The summed E-state index contributed by atoms with van der Waals surface area (Å²) in [5.41, 5.74) is 0.0146. The van der Waals surface area contributed by atoms with Gasteiger partial charge in [-0.05, 0) is 12.1 Å². The van der Waals surface area contributed by atoms with E-state index in [1.165, 1.54) is 23.2 Å². The highest BCUT2D eigenvalue weighted by molar-refractivity contribution is 6.30. The number of hydrogen-bond donors (Lipinski definition) is 1. The van der Waals surface area contributed by atoms with Crippen molar-refractivity contribution in [2.24, 2.45) is 0 Å². The van der Waals surface area contributed by atoms with Gasteiger partial charge >= 0.3 is 12.1 Å². The fourth-order valence-electron chi connectivity index (χ4n) is 2.57. The van der Waals surface area contributed by atoms with E-state index in [1.807, 2.05) is 0 Å². The summed E-state index contributed by atoms with van der Waals surface area (Å²) in [6, 6.07) is 5.69. The van der Waals surface area contributed by atoms with Crippen molar-refractivity contribution in [2.45, 2.75) is 19.0 Å². The molecule has 1 unspecified atom stereocenters. The van der Waals surface area contributed by atoms with Gasteiger partial charge in [0, 0.05) is 25.4 Å². The van der Waals surface area contributed by atoms with Crippen LogP contribution in [0.25, 0.3) is 0 Å². The smallest absolute Gasteiger partial charge is 0.471 e. The van der Waals surface area contributed by atoms with Crippen molar-refractivity contribution in [3.05, 3.63) is 47.0 Å². The minimum Gasteiger partial charge on any atom is -0.471 e. The van der Waals surface area contributed by atoms with Crippen molar-refractivity contribution in [3.63, 3.8) is 0 Å². The molecule has 12 heteroatoms. The molecule has 1 saturated heterocycles. The molecule has 156 valence electrons. The maximum atomic E-state index is 13.8. The highest BCUT2D eigenvalue weighted by Crippen LogP contribution is 2.23. The molecular weight excluding hydrogens is 420 g/mol. The molecule has 0 amide bonds. The number of ether oxygens (including phenoxy) is 2. The molecule has 1 aliphatic heterocycles. The number of carbonyl (C=O) groups excluding carboxylic acids is 1. The van der Waals surface area contributed by atoms with Crippen LogP contribution in [0, 0.1) is 5.82 Å². The van der Waals surface area contributed by atoms with Crippen LogP contribution in [0.3, 0.4) is 0 Å². The summed E-state index contributed by atoms with van der Waals surface area (Å²) in [5.74, 6) is -2.59. The number of alkyl halides is 3. The molecule has 3 rings (SSSR count). The molecule has 3 heterocycles. The van der Waals surface area contributed by atoms with Gasteiger partial charge in [0.25, 0.3) is 0 Å². The van der Waals surface area contributed by atoms with Gasteiger partial charge < -0.3 is 19.7 Å². The lowest BCUT2D eigenvalue weighted by Crippen LogP contribution is -2.54. The Morgan fingerprint density at radius 2 is 2.17 bits per heavy atom. The summed E-state index contributed by atoms with van der Waals surface area (Å²) in [6.07, 6.45) is -5.03. The third-order valence-corrected chi connectivity index (χ3v) is 4.12. The van der Waals surface area contributed by atoms with Crippen molar-refractivity contribution in [3.8, 4) is 5.88 Å². The molecule has 0 aromatic carbocycles. The van der Waals surface area contributed by atoms with Gasteiger partial charge in [-0.1, -0.05) is 17.7 Å². The van der Waals surface area contributed by atoms with Gasteiger partial charge in [-0.15, -0.1) is 0 Å². The average Bonchev–Trinajstić information content (AvgIpc) is 2.67. The van der Waals surface area contributed by atoms with Crippen LogP contribution in [0.2, 0.25) is 5.02 Å². The quantitative estimate of drug-likeness (QED) is 0.572. The Hall–Kier alpha value is -2.66. The molecule has 7 nitrogen and oxygen atoms in total. The lowest BCUT2D eigenvalue weighted by atomic mass is 10.3. The number of aromatic nitrogens is 2. The Morgan fingerprint density at radius 1 is 1.38 bits per heavy atom. The van der Waals surface area contributed by atoms with Crippen molar-refractivity contribution < 1.29 is 31.8 Å². The van der Waals surface area contributed by atoms with Gasteiger partial charge in [0.1, 0.15) is 23.9 Å². The zero-order valence-electron chi connectivity index (χ0n) is 14.7. The predicted octanol–water partition coefficient (Wildman–Crippen LogP) is 2.69. The summed E-state index contributed by atoms with van der Waals surface area (Å²) < 4.78 is 61.4. The number of hydrogen-bond acceptors (Lipinski definition) is 7. The molecule has 2 aromatic heterocycles. The number of rotatable bonds is 5. The molecule has 0 saturated carbocycles. The monoisotopic (exact) mass is 434 g/mol. The molecule has 0 spiro atoms. The van der Waals surface area contributed by atoms with E-state index in [1.54, 1.807) is 6.07 Å². The van der Waals surface area contributed by atoms with E-state index in [4.69, 9.17) is 16.3 Å². The Bertz CT molecular complexity index is 884. The minimum absolute atomic E-state index is 0.00547. The molecule has 1 atom stereocenters. The van der Waals surface area contributed by atoms with Gasteiger partial charge in [-0.2, -0.15) is 18.2 Å². The highest BCUT2D eigenvalue weighted by atomic mass is 35.5. The van der Waals surface area contributed by atoms with Crippen LogP contribution >= 0.6 is 11.6 Å².